The summed E-state index contributed by atoms with van der Waals surface area (Å²) >= 11 is 0. The molecular formula is C29H31NO7. The molecule has 1 fully saturated rings. The Morgan fingerprint density at radius 1 is 1.22 bits per heavy atom. The second-order valence-electron chi connectivity index (χ2n) is 10.5. The van der Waals surface area contributed by atoms with E-state index in [1.165, 1.54) is 5.56 Å². The van der Waals surface area contributed by atoms with Crippen molar-refractivity contribution in [1.29, 1.82) is 0 Å². The summed E-state index contributed by atoms with van der Waals surface area (Å²) in [6.07, 6.45) is 3.60. The van der Waals surface area contributed by atoms with E-state index in [9.17, 15) is 19.8 Å². The van der Waals surface area contributed by atoms with E-state index < -0.39 is 35.1 Å². The van der Waals surface area contributed by atoms with E-state index in [-0.39, 0.29) is 18.9 Å². The highest BCUT2D eigenvalue weighted by atomic mass is 16.6. The molecular weight excluding hydrogens is 474 g/mol. The van der Waals surface area contributed by atoms with Crippen LogP contribution in [0.25, 0.3) is 0 Å². The Balaban J connectivity index is 1.18. The molecule has 5 atom stereocenters. The third-order valence-corrected chi connectivity index (χ3v) is 8.69. The fourth-order valence-electron chi connectivity index (χ4n) is 7.04. The first-order chi connectivity index (χ1) is 17.9. The van der Waals surface area contributed by atoms with Gasteiger partial charge in [-0.1, -0.05) is 42.8 Å². The zero-order valence-electron chi connectivity index (χ0n) is 20.7. The van der Waals surface area contributed by atoms with Gasteiger partial charge in [-0.3, -0.25) is 9.59 Å². The molecule has 3 N–H and O–H groups in total. The molecule has 1 amide bonds. The van der Waals surface area contributed by atoms with Crippen molar-refractivity contribution in [3.05, 3.63) is 71.0 Å². The van der Waals surface area contributed by atoms with Crippen LogP contribution in [-0.2, 0) is 26.2 Å². The van der Waals surface area contributed by atoms with Crippen LogP contribution in [0.1, 0.15) is 54.9 Å². The number of hydrogen-bond donors (Lipinski definition) is 3. The summed E-state index contributed by atoms with van der Waals surface area (Å²) < 4.78 is 17.9. The first-order valence-corrected chi connectivity index (χ1v) is 12.9. The molecule has 6 rings (SSSR count). The second kappa shape index (κ2) is 8.89. The topological polar surface area (TPSA) is 114 Å². The lowest BCUT2D eigenvalue weighted by atomic mass is 9.47. The number of benzene rings is 2. The highest BCUT2D eigenvalue weighted by molar-refractivity contribution is 5.82. The maximum Gasteiger partial charge on any atom is 0.312 e. The predicted molar refractivity (Wildman–Crippen MR) is 133 cm³/mol. The maximum atomic E-state index is 12.8. The molecule has 37 heavy (non-hydrogen) atoms. The second-order valence-corrected chi connectivity index (χ2v) is 10.5. The Kier molecular flexibility index (Phi) is 5.76. The largest absolute Gasteiger partial charge is 0.493 e. The van der Waals surface area contributed by atoms with Crippen LogP contribution in [0.15, 0.2) is 54.3 Å². The fourth-order valence-corrected chi connectivity index (χ4v) is 7.04. The van der Waals surface area contributed by atoms with Gasteiger partial charge in [-0.05, 0) is 54.9 Å². The number of amides is 1. The Morgan fingerprint density at radius 2 is 2.03 bits per heavy atom. The Morgan fingerprint density at radius 3 is 2.81 bits per heavy atom. The summed E-state index contributed by atoms with van der Waals surface area (Å²) in [5, 5.41) is 24.9. The maximum absolute atomic E-state index is 12.8. The van der Waals surface area contributed by atoms with Crippen molar-refractivity contribution in [3.8, 4) is 11.5 Å². The fraction of sp³-hybridized carbons (Fsp3) is 0.448. The van der Waals surface area contributed by atoms with E-state index in [2.05, 4.69) is 11.4 Å². The van der Waals surface area contributed by atoms with Gasteiger partial charge in [-0.15, -0.1) is 0 Å². The SMILES string of the molecule is COc1ccc2c3c1O[C@@H]1C(OC(=O)CCNC(=O)[C@@H](O)c4ccccc4)=CC[C@]4(O)[C@@H](CCC[C@@]314)C2. The lowest BCUT2D eigenvalue weighted by Gasteiger charge is -2.59. The van der Waals surface area contributed by atoms with Crippen molar-refractivity contribution in [2.45, 2.75) is 61.7 Å². The summed E-state index contributed by atoms with van der Waals surface area (Å²) in [5.41, 5.74) is 0.982. The summed E-state index contributed by atoms with van der Waals surface area (Å²) in [5.74, 6) is 0.659. The van der Waals surface area contributed by atoms with E-state index in [4.69, 9.17) is 14.2 Å². The average Bonchev–Trinajstić information content (AvgIpc) is 3.25. The number of rotatable bonds is 7. The van der Waals surface area contributed by atoms with Crippen LogP contribution >= 0.6 is 0 Å². The van der Waals surface area contributed by atoms with Crippen molar-refractivity contribution in [3.63, 3.8) is 0 Å². The zero-order valence-corrected chi connectivity index (χ0v) is 20.7. The Bertz CT molecular complexity index is 1270. The number of carbonyl (C=O) groups is 2. The van der Waals surface area contributed by atoms with Crippen molar-refractivity contribution in [2.75, 3.05) is 13.7 Å². The average molecular weight is 506 g/mol. The van der Waals surface area contributed by atoms with Gasteiger partial charge in [-0.25, -0.2) is 0 Å². The molecule has 0 radical (unpaired) electrons. The van der Waals surface area contributed by atoms with E-state index >= 15 is 0 Å². The van der Waals surface area contributed by atoms with Crippen molar-refractivity contribution in [2.24, 2.45) is 5.92 Å². The van der Waals surface area contributed by atoms with Gasteiger partial charge in [0.05, 0.1) is 24.5 Å². The number of methoxy groups -OCH3 is 1. The van der Waals surface area contributed by atoms with E-state index in [0.29, 0.717) is 29.2 Å². The minimum Gasteiger partial charge on any atom is -0.493 e. The van der Waals surface area contributed by atoms with Gasteiger partial charge < -0.3 is 29.7 Å². The Hall–Kier alpha value is -3.36. The van der Waals surface area contributed by atoms with Gasteiger partial charge in [0.1, 0.15) is 5.76 Å². The molecule has 0 unspecified atom stereocenters. The number of carbonyl (C=O) groups excluding carboxylic acids is 2. The summed E-state index contributed by atoms with van der Waals surface area (Å²) in [6.45, 7) is 0.0235. The molecule has 1 heterocycles. The summed E-state index contributed by atoms with van der Waals surface area (Å²) in [4.78, 5) is 25.1. The molecule has 2 bridgehead atoms. The van der Waals surface area contributed by atoms with Crippen LogP contribution in [-0.4, -0.2) is 47.4 Å². The molecule has 1 aliphatic heterocycles. The molecule has 194 valence electrons. The standard InChI is InChI=1S/C29H31NO7/c1-35-20-10-9-18-16-19-8-5-13-28-23(18)25(20)37-26(28)21(11-14-29(19,28)34)36-22(31)12-15-30-27(33)24(32)17-6-3-2-4-7-17/h2-4,6-7,9-11,19,24,26,32,34H,5,8,12-16H2,1H3,(H,30,33)/t19-,24-,26+,28+,29-/m0/s1. The zero-order chi connectivity index (χ0) is 25.8. The molecule has 3 aliphatic carbocycles. The van der Waals surface area contributed by atoms with Gasteiger partial charge in [0.2, 0.25) is 0 Å². The van der Waals surface area contributed by atoms with Crippen LogP contribution in [0, 0.1) is 5.92 Å². The van der Waals surface area contributed by atoms with Gasteiger partial charge in [0, 0.05) is 12.1 Å². The molecule has 4 aliphatic rings. The van der Waals surface area contributed by atoms with Crippen LogP contribution in [0.5, 0.6) is 11.5 Å². The van der Waals surface area contributed by atoms with Gasteiger partial charge in [0.25, 0.3) is 5.91 Å². The van der Waals surface area contributed by atoms with Crippen molar-refractivity contribution >= 4 is 11.9 Å². The van der Waals surface area contributed by atoms with Crippen LogP contribution in [0.2, 0.25) is 0 Å². The first-order valence-electron chi connectivity index (χ1n) is 12.9. The number of aliphatic hydroxyl groups excluding tert-OH is 1. The predicted octanol–water partition coefficient (Wildman–Crippen LogP) is 2.85. The molecule has 2 aromatic rings. The third-order valence-electron chi connectivity index (χ3n) is 8.69. The molecule has 1 saturated carbocycles. The molecule has 0 saturated heterocycles. The minimum absolute atomic E-state index is 0.0235. The molecule has 8 nitrogen and oxygen atoms in total. The van der Waals surface area contributed by atoms with E-state index in [0.717, 1.165) is 31.2 Å². The van der Waals surface area contributed by atoms with E-state index in [1.807, 2.05) is 6.07 Å². The lowest BCUT2D eigenvalue weighted by Crippen LogP contribution is -2.67. The number of hydrogen-bond acceptors (Lipinski definition) is 7. The minimum atomic E-state index is -1.31. The number of ether oxygens (including phenoxy) is 3. The normalized spacial score (nSPS) is 29.3. The molecule has 2 aromatic carbocycles. The van der Waals surface area contributed by atoms with Crippen molar-refractivity contribution < 1.29 is 34.0 Å². The number of aliphatic hydroxyl groups is 2. The highest BCUT2D eigenvalue weighted by Gasteiger charge is 2.70. The van der Waals surface area contributed by atoms with E-state index in [1.54, 1.807) is 43.5 Å². The van der Waals surface area contributed by atoms with Crippen LogP contribution < -0.4 is 14.8 Å². The molecule has 0 aromatic heterocycles. The summed E-state index contributed by atoms with van der Waals surface area (Å²) in [6, 6.07) is 12.6. The van der Waals surface area contributed by atoms with Crippen LogP contribution in [0.4, 0.5) is 0 Å². The quantitative estimate of drug-likeness (QED) is 0.496. The number of nitrogens with one attached hydrogen (secondary N) is 1. The highest BCUT2D eigenvalue weighted by Crippen LogP contribution is 2.67. The van der Waals surface area contributed by atoms with Crippen molar-refractivity contribution in [1.82, 2.24) is 5.32 Å². The van der Waals surface area contributed by atoms with Gasteiger partial charge in [-0.2, -0.15) is 0 Å². The number of esters is 1. The smallest absolute Gasteiger partial charge is 0.312 e. The third kappa shape index (κ3) is 3.49. The Labute approximate surface area is 215 Å². The lowest BCUT2D eigenvalue weighted by molar-refractivity contribution is -0.160. The summed E-state index contributed by atoms with van der Waals surface area (Å²) in [7, 11) is 1.60. The van der Waals surface area contributed by atoms with Crippen LogP contribution in [0.3, 0.4) is 0 Å². The van der Waals surface area contributed by atoms with Gasteiger partial charge >= 0.3 is 5.97 Å². The molecule has 1 spiro atoms. The van der Waals surface area contributed by atoms with Gasteiger partial charge in [0.15, 0.2) is 23.7 Å². The molecule has 8 heteroatoms. The monoisotopic (exact) mass is 505 g/mol. The first kappa shape index (κ1) is 24.0.